The topological polar surface area (TPSA) is 77.2 Å². The Kier molecular flexibility index (Phi) is 7.05. The summed E-state index contributed by atoms with van der Waals surface area (Å²) in [6.45, 7) is 3.63. The monoisotopic (exact) mass is 451 g/mol. The molecule has 1 heterocycles. The lowest BCUT2D eigenvalue weighted by Crippen LogP contribution is -2.33. The molecule has 0 aliphatic carbocycles. The molecule has 0 fully saturated rings. The van der Waals surface area contributed by atoms with Crippen LogP contribution in [0.5, 0.6) is 5.75 Å². The second-order valence-corrected chi connectivity index (χ2v) is 8.37. The van der Waals surface area contributed by atoms with E-state index in [4.69, 9.17) is 32.4 Å². The van der Waals surface area contributed by atoms with E-state index < -0.39 is 5.25 Å². The van der Waals surface area contributed by atoms with Crippen molar-refractivity contribution in [2.45, 2.75) is 30.4 Å². The van der Waals surface area contributed by atoms with E-state index in [-0.39, 0.29) is 11.9 Å². The molecule has 3 rings (SSSR count). The largest absolute Gasteiger partial charge is 0.496 e. The Hall–Kier alpha value is -2.22. The number of benzene rings is 2. The fourth-order valence-electron chi connectivity index (χ4n) is 2.65. The van der Waals surface area contributed by atoms with Gasteiger partial charge in [0.25, 0.3) is 11.1 Å². The van der Waals surface area contributed by atoms with Gasteiger partial charge in [-0.1, -0.05) is 53.2 Å². The molecule has 2 unspecified atom stereocenters. The fourth-order valence-corrected chi connectivity index (χ4v) is 3.92. The average molecular weight is 452 g/mol. The van der Waals surface area contributed by atoms with Gasteiger partial charge >= 0.3 is 0 Å². The quantitative estimate of drug-likeness (QED) is 0.483. The minimum absolute atomic E-state index is 0.175. The van der Waals surface area contributed by atoms with Crippen molar-refractivity contribution in [1.82, 2.24) is 15.5 Å². The second-order valence-electron chi connectivity index (χ2n) is 6.23. The van der Waals surface area contributed by atoms with Gasteiger partial charge in [0.15, 0.2) is 0 Å². The number of methoxy groups -OCH3 is 1. The first-order valence-corrected chi connectivity index (χ1v) is 10.4. The molecule has 6 nitrogen and oxygen atoms in total. The number of nitrogens with one attached hydrogen (secondary N) is 1. The van der Waals surface area contributed by atoms with Gasteiger partial charge in [-0.05, 0) is 43.7 Å². The number of halogens is 2. The average Bonchev–Trinajstić information content (AvgIpc) is 3.15. The number of ether oxygens (including phenoxy) is 1. The second kappa shape index (κ2) is 9.52. The van der Waals surface area contributed by atoms with Crippen LogP contribution in [0.25, 0.3) is 11.5 Å². The van der Waals surface area contributed by atoms with Crippen molar-refractivity contribution in [1.29, 1.82) is 0 Å². The Morgan fingerprint density at radius 3 is 2.66 bits per heavy atom. The van der Waals surface area contributed by atoms with Crippen molar-refractivity contribution in [2.75, 3.05) is 7.11 Å². The summed E-state index contributed by atoms with van der Waals surface area (Å²) in [7, 11) is 1.57. The molecular formula is C20H19Cl2N3O3S. The summed E-state index contributed by atoms with van der Waals surface area (Å²) in [5.74, 6) is 0.789. The van der Waals surface area contributed by atoms with Gasteiger partial charge in [0.05, 0.1) is 24.0 Å². The van der Waals surface area contributed by atoms with Gasteiger partial charge in [-0.3, -0.25) is 4.79 Å². The number of hydrogen-bond acceptors (Lipinski definition) is 6. The number of rotatable bonds is 7. The number of amides is 1. The van der Waals surface area contributed by atoms with Crippen molar-refractivity contribution in [3.63, 3.8) is 0 Å². The van der Waals surface area contributed by atoms with E-state index in [1.54, 1.807) is 32.2 Å². The van der Waals surface area contributed by atoms with Crippen LogP contribution in [0.3, 0.4) is 0 Å². The van der Waals surface area contributed by atoms with Crippen molar-refractivity contribution in [3.8, 4) is 17.2 Å². The maximum absolute atomic E-state index is 12.6. The summed E-state index contributed by atoms with van der Waals surface area (Å²) in [4.78, 5) is 12.6. The first-order valence-electron chi connectivity index (χ1n) is 8.78. The molecule has 0 spiro atoms. The van der Waals surface area contributed by atoms with Gasteiger partial charge in [-0.2, -0.15) is 0 Å². The lowest BCUT2D eigenvalue weighted by molar-refractivity contribution is -0.120. The van der Waals surface area contributed by atoms with E-state index in [9.17, 15) is 4.79 Å². The number of hydrogen-bond donors (Lipinski definition) is 1. The van der Waals surface area contributed by atoms with Gasteiger partial charge in [0.1, 0.15) is 5.75 Å². The highest BCUT2D eigenvalue weighted by atomic mass is 35.5. The van der Waals surface area contributed by atoms with Crippen LogP contribution in [0.1, 0.15) is 25.5 Å². The smallest absolute Gasteiger partial charge is 0.277 e. The highest BCUT2D eigenvalue weighted by Gasteiger charge is 2.22. The van der Waals surface area contributed by atoms with Crippen molar-refractivity contribution in [2.24, 2.45) is 0 Å². The summed E-state index contributed by atoms with van der Waals surface area (Å²) in [5.41, 5.74) is 1.48. The maximum atomic E-state index is 12.6. The Labute approximate surface area is 182 Å². The SMILES string of the molecule is COc1ccccc1-c1nnc(SC(C)C(=O)NC(C)c2ccc(Cl)cc2Cl)o1. The van der Waals surface area contributed by atoms with Gasteiger partial charge in [-0.15, -0.1) is 10.2 Å². The number of carbonyl (C=O) groups excluding carboxylic acids is 1. The van der Waals surface area contributed by atoms with Crippen LogP contribution in [0.2, 0.25) is 10.0 Å². The number of nitrogens with zero attached hydrogens (tertiary/aromatic N) is 2. The third-order valence-corrected chi connectivity index (χ3v) is 5.68. The minimum atomic E-state index is -0.450. The molecule has 0 radical (unpaired) electrons. The van der Waals surface area contributed by atoms with Crippen LogP contribution in [-0.2, 0) is 4.79 Å². The lowest BCUT2D eigenvalue weighted by Gasteiger charge is -2.18. The molecule has 29 heavy (non-hydrogen) atoms. The third kappa shape index (κ3) is 5.23. The van der Waals surface area contributed by atoms with Gasteiger partial charge in [-0.25, -0.2) is 0 Å². The summed E-state index contributed by atoms with van der Waals surface area (Å²) in [6.07, 6.45) is 0. The van der Waals surface area contributed by atoms with Gasteiger partial charge in [0.2, 0.25) is 5.91 Å². The summed E-state index contributed by atoms with van der Waals surface area (Å²) >= 11 is 13.3. The maximum Gasteiger partial charge on any atom is 0.277 e. The molecule has 3 aromatic rings. The molecule has 152 valence electrons. The standard InChI is InChI=1S/C20H19Cl2N3O3S/c1-11(14-9-8-13(21)10-16(14)22)23-18(26)12(2)29-20-25-24-19(28-20)15-6-4-5-7-17(15)27-3/h4-12H,1-3H3,(H,23,26). The van der Waals surface area contributed by atoms with Gasteiger partial charge < -0.3 is 14.5 Å². The van der Waals surface area contributed by atoms with Crippen molar-refractivity contribution < 1.29 is 13.9 Å². The van der Waals surface area contributed by atoms with Crippen LogP contribution < -0.4 is 10.1 Å². The molecule has 0 aliphatic rings. The molecular weight excluding hydrogens is 433 g/mol. The molecule has 1 N–H and O–H groups in total. The highest BCUT2D eigenvalue weighted by Crippen LogP contribution is 2.32. The zero-order valence-electron chi connectivity index (χ0n) is 16.0. The fraction of sp³-hybridized carbons (Fsp3) is 0.250. The van der Waals surface area contributed by atoms with E-state index in [0.717, 1.165) is 5.56 Å². The first kappa shape index (κ1) is 21.5. The normalized spacial score (nSPS) is 13.0. The molecule has 0 aliphatic heterocycles. The summed E-state index contributed by atoms with van der Waals surface area (Å²) in [6, 6.07) is 12.3. The number of aromatic nitrogens is 2. The van der Waals surface area contributed by atoms with Gasteiger partial charge in [0, 0.05) is 10.0 Å². The summed E-state index contributed by atoms with van der Waals surface area (Å²) < 4.78 is 11.0. The number of para-hydroxylation sites is 1. The van der Waals surface area contributed by atoms with E-state index in [1.165, 1.54) is 11.8 Å². The molecule has 0 saturated heterocycles. The van der Waals surface area contributed by atoms with Crippen LogP contribution in [0, 0.1) is 0 Å². The third-order valence-electron chi connectivity index (χ3n) is 4.18. The number of thioether (sulfide) groups is 1. The molecule has 1 amide bonds. The Morgan fingerprint density at radius 1 is 1.17 bits per heavy atom. The summed E-state index contributed by atoms with van der Waals surface area (Å²) in [5, 5.41) is 11.9. The Bertz CT molecular complexity index is 1010. The lowest BCUT2D eigenvalue weighted by atomic mass is 10.1. The van der Waals surface area contributed by atoms with Crippen molar-refractivity contribution in [3.05, 3.63) is 58.1 Å². The Balaban J connectivity index is 1.65. The predicted octanol–water partition coefficient (Wildman–Crippen LogP) is 5.41. The van der Waals surface area contributed by atoms with Crippen LogP contribution in [-0.4, -0.2) is 28.5 Å². The van der Waals surface area contributed by atoms with E-state index in [0.29, 0.717) is 32.5 Å². The van der Waals surface area contributed by atoms with E-state index >= 15 is 0 Å². The van der Waals surface area contributed by atoms with Crippen LogP contribution in [0.15, 0.2) is 52.1 Å². The van der Waals surface area contributed by atoms with Crippen LogP contribution >= 0.6 is 35.0 Å². The molecule has 2 aromatic carbocycles. The van der Waals surface area contributed by atoms with Crippen molar-refractivity contribution >= 4 is 40.9 Å². The van der Waals surface area contributed by atoms with Crippen LogP contribution in [0.4, 0.5) is 0 Å². The molecule has 2 atom stereocenters. The molecule has 1 aromatic heterocycles. The molecule has 9 heteroatoms. The number of carbonyl (C=O) groups is 1. The molecule has 0 saturated carbocycles. The first-order chi connectivity index (χ1) is 13.9. The minimum Gasteiger partial charge on any atom is -0.496 e. The highest BCUT2D eigenvalue weighted by molar-refractivity contribution is 8.00. The van der Waals surface area contributed by atoms with E-state index in [1.807, 2.05) is 31.2 Å². The zero-order valence-corrected chi connectivity index (χ0v) is 18.3. The predicted molar refractivity (Wildman–Crippen MR) is 115 cm³/mol. The Morgan fingerprint density at radius 2 is 1.93 bits per heavy atom. The molecule has 0 bridgehead atoms. The zero-order chi connectivity index (χ0) is 21.0. The van der Waals surface area contributed by atoms with E-state index in [2.05, 4.69) is 15.5 Å².